The molecule has 2 N–H and O–H groups in total. The third-order valence-corrected chi connectivity index (χ3v) is 4.78. The van der Waals surface area contributed by atoms with Crippen molar-refractivity contribution in [2.24, 2.45) is 0 Å². The Kier molecular flexibility index (Phi) is 4.65. The smallest absolute Gasteiger partial charge is 0.247 e. The lowest BCUT2D eigenvalue weighted by molar-refractivity contribution is 0.457. The van der Waals surface area contributed by atoms with Crippen LogP contribution in [0.5, 0.6) is 0 Å². The van der Waals surface area contributed by atoms with Gasteiger partial charge in [-0.05, 0) is 55.4 Å². The van der Waals surface area contributed by atoms with E-state index >= 15 is 0 Å². The van der Waals surface area contributed by atoms with Crippen LogP contribution in [0.15, 0.2) is 47.4 Å². The molecular formula is C18H21ClN2O. The number of hydrogen-bond donors (Lipinski definition) is 2. The number of halogens is 1. The Morgan fingerprint density at radius 3 is 2.86 bits per heavy atom. The largest absolute Gasteiger partial charge is 0.329 e. The second-order valence-corrected chi connectivity index (χ2v) is 6.57. The molecule has 0 amide bonds. The summed E-state index contributed by atoms with van der Waals surface area (Å²) >= 11 is 6.06. The molecule has 1 aliphatic rings. The molecule has 0 spiro atoms. The third kappa shape index (κ3) is 3.60. The van der Waals surface area contributed by atoms with Gasteiger partial charge in [0.15, 0.2) is 0 Å². The zero-order valence-corrected chi connectivity index (χ0v) is 13.4. The number of nitrogens with one attached hydrogen (secondary N) is 2. The van der Waals surface area contributed by atoms with Gasteiger partial charge in [0, 0.05) is 29.4 Å². The fourth-order valence-corrected chi connectivity index (χ4v) is 3.54. The topological polar surface area (TPSA) is 44.9 Å². The normalized spacial score (nSPS) is 22.6. The number of aromatic nitrogens is 1. The van der Waals surface area contributed by atoms with Gasteiger partial charge < -0.3 is 10.3 Å². The summed E-state index contributed by atoms with van der Waals surface area (Å²) in [5.41, 5.74) is 2.42. The molecule has 3 rings (SSSR count). The fraction of sp³-hybridized carbons (Fsp3) is 0.389. The van der Waals surface area contributed by atoms with Crippen LogP contribution in [0, 0.1) is 0 Å². The molecule has 2 aromatic rings. The minimum atomic E-state index is -0.0361. The van der Waals surface area contributed by atoms with Crippen LogP contribution in [-0.4, -0.2) is 11.0 Å². The van der Waals surface area contributed by atoms with Gasteiger partial charge in [0.25, 0.3) is 0 Å². The summed E-state index contributed by atoms with van der Waals surface area (Å²) < 4.78 is 0. The van der Waals surface area contributed by atoms with Crippen molar-refractivity contribution in [3.8, 4) is 0 Å². The van der Waals surface area contributed by atoms with Gasteiger partial charge in [-0.3, -0.25) is 4.79 Å². The molecule has 116 valence electrons. The highest BCUT2D eigenvalue weighted by molar-refractivity contribution is 6.30. The molecule has 1 aliphatic carbocycles. The standard InChI is InChI=1S/C18H21ClN2O/c1-12(13-3-2-4-16(19)9-13)21-17-7-5-14(10-17)15-6-8-18(22)20-11-15/h2-4,6,8-9,11-12,14,17,21H,5,7,10H2,1H3,(H,20,22)/t12-,14+,17?/m1/s1. The van der Waals surface area contributed by atoms with E-state index in [-0.39, 0.29) is 11.6 Å². The highest BCUT2D eigenvalue weighted by Gasteiger charge is 2.27. The van der Waals surface area contributed by atoms with E-state index in [2.05, 4.69) is 23.3 Å². The molecular weight excluding hydrogens is 296 g/mol. The zero-order chi connectivity index (χ0) is 15.5. The summed E-state index contributed by atoms with van der Waals surface area (Å²) in [6.07, 6.45) is 5.29. The van der Waals surface area contributed by atoms with Crippen molar-refractivity contribution in [1.82, 2.24) is 10.3 Å². The molecule has 1 heterocycles. The van der Waals surface area contributed by atoms with E-state index in [1.807, 2.05) is 30.5 Å². The Hall–Kier alpha value is -1.58. The number of aromatic amines is 1. The second-order valence-electron chi connectivity index (χ2n) is 6.14. The van der Waals surface area contributed by atoms with E-state index in [1.165, 1.54) is 11.1 Å². The molecule has 1 aromatic heterocycles. The quantitative estimate of drug-likeness (QED) is 0.895. The first-order valence-electron chi connectivity index (χ1n) is 7.82. The monoisotopic (exact) mass is 316 g/mol. The molecule has 0 bridgehead atoms. The zero-order valence-electron chi connectivity index (χ0n) is 12.7. The van der Waals surface area contributed by atoms with Crippen molar-refractivity contribution in [3.05, 3.63) is 69.1 Å². The Labute approximate surface area is 135 Å². The lowest BCUT2D eigenvalue weighted by atomic mass is 9.99. The Bertz CT molecular complexity index is 677. The maximum Gasteiger partial charge on any atom is 0.247 e. The van der Waals surface area contributed by atoms with Crippen molar-refractivity contribution >= 4 is 11.6 Å². The van der Waals surface area contributed by atoms with Crippen LogP contribution in [0.4, 0.5) is 0 Å². The molecule has 3 atom stereocenters. The molecule has 3 nitrogen and oxygen atoms in total. The summed E-state index contributed by atoms with van der Waals surface area (Å²) in [7, 11) is 0. The summed E-state index contributed by atoms with van der Waals surface area (Å²) in [6, 6.07) is 12.4. The van der Waals surface area contributed by atoms with Gasteiger partial charge in [0.1, 0.15) is 0 Å². The molecule has 1 fully saturated rings. The first-order chi connectivity index (χ1) is 10.6. The van der Waals surface area contributed by atoms with Crippen LogP contribution in [0.1, 0.15) is 49.3 Å². The maximum absolute atomic E-state index is 11.2. The number of pyridine rings is 1. The number of H-pyrrole nitrogens is 1. The number of hydrogen-bond acceptors (Lipinski definition) is 2. The van der Waals surface area contributed by atoms with E-state index in [1.54, 1.807) is 6.07 Å². The summed E-state index contributed by atoms with van der Waals surface area (Å²) in [6.45, 7) is 2.18. The Morgan fingerprint density at radius 2 is 2.14 bits per heavy atom. The summed E-state index contributed by atoms with van der Waals surface area (Å²) in [4.78, 5) is 13.9. The highest BCUT2D eigenvalue weighted by atomic mass is 35.5. The van der Waals surface area contributed by atoms with E-state index in [0.717, 1.165) is 24.3 Å². The van der Waals surface area contributed by atoms with Crippen molar-refractivity contribution in [3.63, 3.8) is 0 Å². The maximum atomic E-state index is 11.2. The van der Waals surface area contributed by atoms with Crippen molar-refractivity contribution in [1.29, 1.82) is 0 Å². The molecule has 0 aliphatic heterocycles. The van der Waals surface area contributed by atoms with E-state index in [4.69, 9.17) is 11.6 Å². The molecule has 1 saturated carbocycles. The van der Waals surface area contributed by atoms with Crippen LogP contribution in [0.3, 0.4) is 0 Å². The van der Waals surface area contributed by atoms with Crippen LogP contribution in [-0.2, 0) is 0 Å². The lowest BCUT2D eigenvalue weighted by Gasteiger charge is -2.20. The first kappa shape index (κ1) is 15.3. The SMILES string of the molecule is C[C@@H](NC1CC[C@H](c2ccc(=O)[nH]c2)C1)c1cccc(Cl)c1. The van der Waals surface area contributed by atoms with Crippen LogP contribution in [0.2, 0.25) is 5.02 Å². The molecule has 22 heavy (non-hydrogen) atoms. The predicted molar refractivity (Wildman–Crippen MR) is 90.4 cm³/mol. The Morgan fingerprint density at radius 1 is 1.27 bits per heavy atom. The van der Waals surface area contributed by atoms with E-state index in [9.17, 15) is 4.79 Å². The third-order valence-electron chi connectivity index (χ3n) is 4.55. The van der Waals surface area contributed by atoms with Gasteiger partial charge in [-0.2, -0.15) is 0 Å². The molecule has 1 aromatic carbocycles. The van der Waals surface area contributed by atoms with E-state index < -0.39 is 0 Å². The molecule has 0 saturated heterocycles. The minimum absolute atomic E-state index is 0.0361. The molecule has 4 heteroatoms. The van der Waals surface area contributed by atoms with Gasteiger partial charge in [0.2, 0.25) is 5.56 Å². The van der Waals surface area contributed by atoms with Gasteiger partial charge in [-0.25, -0.2) is 0 Å². The lowest BCUT2D eigenvalue weighted by Crippen LogP contribution is -2.29. The highest BCUT2D eigenvalue weighted by Crippen LogP contribution is 2.35. The van der Waals surface area contributed by atoms with Crippen LogP contribution >= 0.6 is 11.6 Å². The van der Waals surface area contributed by atoms with Crippen LogP contribution in [0.25, 0.3) is 0 Å². The number of benzene rings is 1. The minimum Gasteiger partial charge on any atom is -0.329 e. The first-order valence-corrected chi connectivity index (χ1v) is 8.20. The summed E-state index contributed by atoms with van der Waals surface area (Å²) in [5.74, 6) is 0.529. The summed E-state index contributed by atoms with van der Waals surface area (Å²) in [5, 5.41) is 4.48. The van der Waals surface area contributed by atoms with E-state index in [0.29, 0.717) is 12.0 Å². The average Bonchev–Trinajstić information content (AvgIpc) is 2.96. The van der Waals surface area contributed by atoms with Crippen molar-refractivity contribution in [2.75, 3.05) is 0 Å². The van der Waals surface area contributed by atoms with Crippen molar-refractivity contribution in [2.45, 2.75) is 44.2 Å². The Balaban J connectivity index is 1.61. The fourth-order valence-electron chi connectivity index (χ4n) is 3.34. The predicted octanol–water partition coefficient (Wildman–Crippen LogP) is 4.02. The van der Waals surface area contributed by atoms with Gasteiger partial charge >= 0.3 is 0 Å². The average molecular weight is 317 g/mol. The molecule has 1 unspecified atom stereocenters. The van der Waals surface area contributed by atoms with Gasteiger partial charge in [-0.15, -0.1) is 0 Å². The van der Waals surface area contributed by atoms with Gasteiger partial charge in [0.05, 0.1) is 0 Å². The second kappa shape index (κ2) is 6.67. The van der Waals surface area contributed by atoms with Gasteiger partial charge in [-0.1, -0.05) is 29.8 Å². The molecule has 0 radical (unpaired) electrons. The van der Waals surface area contributed by atoms with Crippen LogP contribution < -0.4 is 10.9 Å². The number of rotatable bonds is 4. The van der Waals surface area contributed by atoms with Crippen molar-refractivity contribution < 1.29 is 0 Å².